The molecule has 0 bridgehead atoms. The third-order valence-corrected chi connectivity index (χ3v) is 5.82. The van der Waals surface area contributed by atoms with Crippen molar-refractivity contribution in [2.45, 2.75) is 57.7 Å². The lowest BCUT2D eigenvalue weighted by Gasteiger charge is -2.36. The van der Waals surface area contributed by atoms with Crippen LogP contribution >= 0.6 is 15.9 Å². The Hall–Kier alpha value is -0.300. The van der Waals surface area contributed by atoms with Crippen LogP contribution in [0.15, 0.2) is 24.3 Å². The van der Waals surface area contributed by atoms with Crippen LogP contribution in [-0.4, -0.2) is 0 Å². The van der Waals surface area contributed by atoms with Gasteiger partial charge in [-0.05, 0) is 43.1 Å². The van der Waals surface area contributed by atoms with Gasteiger partial charge < -0.3 is 0 Å². The smallest absolute Gasteiger partial charge is 0.0451 e. The SMILES string of the molecule is Cc1ccc(C(Br)C2(CC(C)C)CCCC2)cc1. The lowest BCUT2D eigenvalue weighted by molar-refractivity contribution is 0.230. The summed E-state index contributed by atoms with van der Waals surface area (Å²) in [5.74, 6) is 0.786. The zero-order valence-electron chi connectivity index (χ0n) is 11.9. The first-order valence-electron chi connectivity index (χ1n) is 7.24. The van der Waals surface area contributed by atoms with Crippen LogP contribution in [0.5, 0.6) is 0 Å². The van der Waals surface area contributed by atoms with E-state index in [0.29, 0.717) is 10.2 Å². The summed E-state index contributed by atoms with van der Waals surface area (Å²) < 4.78 is 0. The van der Waals surface area contributed by atoms with Gasteiger partial charge in [0.05, 0.1) is 0 Å². The first kappa shape index (κ1) is 14.1. The number of hydrogen-bond acceptors (Lipinski definition) is 0. The van der Waals surface area contributed by atoms with Crippen LogP contribution < -0.4 is 0 Å². The molecule has 0 nitrogen and oxygen atoms in total. The second-order valence-electron chi connectivity index (χ2n) is 6.44. The minimum atomic E-state index is 0.490. The molecule has 100 valence electrons. The lowest BCUT2D eigenvalue weighted by atomic mass is 9.74. The Morgan fingerprint density at radius 2 is 1.67 bits per heavy atom. The summed E-state index contributed by atoms with van der Waals surface area (Å²) in [5.41, 5.74) is 3.30. The highest BCUT2D eigenvalue weighted by atomic mass is 79.9. The molecule has 1 saturated carbocycles. The number of rotatable bonds is 4. The Bertz CT molecular complexity index is 371. The van der Waals surface area contributed by atoms with E-state index < -0.39 is 0 Å². The fraction of sp³-hybridized carbons (Fsp3) is 0.647. The second kappa shape index (κ2) is 5.77. The summed E-state index contributed by atoms with van der Waals surface area (Å²) >= 11 is 4.02. The Balaban J connectivity index is 2.22. The summed E-state index contributed by atoms with van der Waals surface area (Å²) in [5, 5.41) is 0. The van der Waals surface area contributed by atoms with Crippen molar-refractivity contribution in [1.82, 2.24) is 0 Å². The van der Waals surface area contributed by atoms with E-state index in [1.807, 2.05) is 0 Å². The molecule has 1 unspecified atom stereocenters. The van der Waals surface area contributed by atoms with Crippen LogP contribution in [0.3, 0.4) is 0 Å². The molecule has 0 amide bonds. The van der Waals surface area contributed by atoms with Crippen LogP contribution in [0, 0.1) is 18.3 Å². The highest BCUT2D eigenvalue weighted by molar-refractivity contribution is 9.09. The molecule has 1 aliphatic carbocycles. The molecule has 0 saturated heterocycles. The Labute approximate surface area is 120 Å². The third-order valence-electron chi connectivity index (χ3n) is 4.32. The maximum atomic E-state index is 4.02. The molecule has 0 heterocycles. The molecule has 0 aromatic heterocycles. The fourth-order valence-corrected chi connectivity index (χ4v) is 4.49. The molecule has 1 aromatic carbocycles. The van der Waals surface area contributed by atoms with Crippen LogP contribution in [0.4, 0.5) is 0 Å². The molecule has 1 heteroatoms. The average molecular weight is 309 g/mol. The monoisotopic (exact) mass is 308 g/mol. The quantitative estimate of drug-likeness (QED) is 0.595. The lowest BCUT2D eigenvalue weighted by Crippen LogP contribution is -2.24. The van der Waals surface area contributed by atoms with E-state index in [1.54, 1.807) is 0 Å². The highest BCUT2D eigenvalue weighted by Gasteiger charge is 2.40. The first-order valence-corrected chi connectivity index (χ1v) is 8.16. The van der Waals surface area contributed by atoms with E-state index in [1.165, 1.54) is 43.2 Å². The Kier molecular flexibility index (Phi) is 4.53. The number of alkyl halides is 1. The predicted molar refractivity (Wildman–Crippen MR) is 83.2 cm³/mol. The standard InChI is InChI=1S/C17H25Br/c1-13(2)12-17(10-4-5-11-17)16(18)15-8-6-14(3)7-9-15/h6-9,13,16H,4-5,10-12H2,1-3H3. The molecule has 0 aliphatic heterocycles. The average Bonchev–Trinajstić information content (AvgIpc) is 2.78. The second-order valence-corrected chi connectivity index (χ2v) is 7.36. The van der Waals surface area contributed by atoms with Gasteiger partial charge in [-0.2, -0.15) is 0 Å². The number of halogens is 1. The van der Waals surface area contributed by atoms with Crippen LogP contribution in [0.25, 0.3) is 0 Å². The molecule has 18 heavy (non-hydrogen) atoms. The highest BCUT2D eigenvalue weighted by Crippen LogP contribution is 2.55. The van der Waals surface area contributed by atoms with Crippen molar-refractivity contribution in [1.29, 1.82) is 0 Å². The van der Waals surface area contributed by atoms with Gasteiger partial charge in [0.1, 0.15) is 0 Å². The number of benzene rings is 1. The molecular weight excluding hydrogens is 284 g/mol. The van der Waals surface area contributed by atoms with Gasteiger partial charge in [-0.1, -0.05) is 72.4 Å². The summed E-state index contributed by atoms with van der Waals surface area (Å²) in [6.45, 7) is 6.87. The van der Waals surface area contributed by atoms with Gasteiger partial charge in [0, 0.05) is 4.83 Å². The largest absolute Gasteiger partial charge is 0.0833 e. The molecule has 1 aliphatic rings. The van der Waals surface area contributed by atoms with E-state index in [-0.39, 0.29) is 0 Å². The molecule has 1 atom stereocenters. The van der Waals surface area contributed by atoms with E-state index >= 15 is 0 Å². The van der Waals surface area contributed by atoms with Crippen molar-refractivity contribution in [3.8, 4) is 0 Å². The van der Waals surface area contributed by atoms with Crippen LogP contribution in [0.2, 0.25) is 0 Å². The van der Waals surface area contributed by atoms with Crippen molar-refractivity contribution < 1.29 is 0 Å². The molecular formula is C17H25Br. The van der Waals surface area contributed by atoms with Crippen molar-refractivity contribution >= 4 is 15.9 Å². The van der Waals surface area contributed by atoms with Gasteiger partial charge in [-0.25, -0.2) is 0 Å². The molecule has 1 aromatic rings. The zero-order chi connectivity index (χ0) is 13.2. The van der Waals surface area contributed by atoms with Crippen LogP contribution in [0.1, 0.15) is 61.9 Å². The molecule has 0 spiro atoms. The van der Waals surface area contributed by atoms with Gasteiger partial charge in [0.15, 0.2) is 0 Å². The van der Waals surface area contributed by atoms with Gasteiger partial charge in [-0.15, -0.1) is 0 Å². The molecule has 2 rings (SSSR count). The number of aryl methyl sites for hydroxylation is 1. The van der Waals surface area contributed by atoms with Gasteiger partial charge in [0.2, 0.25) is 0 Å². The predicted octanol–water partition coefficient (Wildman–Crippen LogP) is 6.04. The Morgan fingerprint density at radius 1 is 1.11 bits per heavy atom. The van der Waals surface area contributed by atoms with Gasteiger partial charge >= 0.3 is 0 Å². The van der Waals surface area contributed by atoms with E-state index in [4.69, 9.17) is 0 Å². The third kappa shape index (κ3) is 2.99. The van der Waals surface area contributed by atoms with Gasteiger partial charge in [-0.3, -0.25) is 0 Å². The maximum absolute atomic E-state index is 4.02. The van der Waals surface area contributed by atoms with Crippen molar-refractivity contribution in [2.75, 3.05) is 0 Å². The van der Waals surface area contributed by atoms with E-state index in [9.17, 15) is 0 Å². The summed E-state index contributed by atoms with van der Waals surface area (Å²) in [7, 11) is 0. The molecule has 0 radical (unpaired) electrons. The maximum Gasteiger partial charge on any atom is 0.0451 e. The normalized spacial score (nSPS) is 20.3. The first-order chi connectivity index (χ1) is 8.53. The number of hydrogen-bond donors (Lipinski definition) is 0. The molecule has 1 fully saturated rings. The zero-order valence-corrected chi connectivity index (χ0v) is 13.5. The summed E-state index contributed by atoms with van der Waals surface area (Å²) in [4.78, 5) is 0.524. The minimum Gasteiger partial charge on any atom is -0.0833 e. The van der Waals surface area contributed by atoms with E-state index in [2.05, 4.69) is 61.0 Å². The fourth-order valence-electron chi connectivity index (χ4n) is 3.54. The summed E-state index contributed by atoms with van der Waals surface area (Å²) in [6.07, 6.45) is 6.92. The minimum absolute atomic E-state index is 0.490. The van der Waals surface area contributed by atoms with Gasteiger partial charge in [0.25, 0.3) is 0 Å². The topological polar surface area (TPSA) is 0 Å². The van der Waals surface area contributed by atoms with Crippen LogP contribution in [-0.2, 0) is 0 Å². The van der Waals surface area contributed by atoms with E-state index in [0.717, 1.165) is 5.92 Å². The van der Waals surface area contributed by atoms with Crippen molar-refractivity contribution in [3.63, 3.8) is 0 Å². The Morgan fingerprint density at radius 3 is 2.17 bits per heavy atom. The van der Waals surface area contributed by atoms with Crippen molar-refractivity contribution in [2.24, 2.45) is 11.3 Å². The summed E-state index contributed by atoms with van der Waals surface area (Å²) in [6, 6.07) is 9.08. The molecule has 0 N–H and O–H groups in total. The van der Waals surface area contributed by atoms with Crippen molar-refractivity contribution in [3.05, 3.63) is 35.4 Å².